The first-order valence-corrected chi connectivity index (χ1v) is 5.54. The van der Waals surface area contributed by atoms with Gasteiger partial charge in [-0.25, -0.2) is 4.98 Å². The van der Waals surface area contributed by atoms with Crippen molar-refractivity contribution >= 4 is 15.9 Å². The molecule has 0 saturated heterocycles. The Morgan fingerprint density at radius 3 is 2.80 bits per heavy atom. The fourth-order valence-electron chi connectivity index (χ4n) is 1.61. The third kappa shape index (κ3) is 2.11. The zero-order valence-electron chi connectivity index (χ0n) is 8.18. The van der Waals surface area contributed by atoms with Crippen LogP contribution in [0.4, 0.5) is 0 Å². The minimum Gasteiger partial charge on any atom is -0.329 e. The van der Waals surface area contributed by atoms with Crippen molar-refractivity contribution in [2.45, 2.75) is 6.04 Å². The summed E-state index contributed by atoms with van der Waals surface area (Å²) < 4.78 is 3.09. The standard InChI is InChI=1S/C11H12BrN3/c12-10-4-2-1-3-9(10)11(7-13)15-6-5-14-8-15/h1-6,8,11H,7,13H2. The molecule has 1 atom stereocenters. The third-order valence-corrected chi connectivity index (χ3v) is 3.09. The van der Waals surface area contributed by atoms with Gasteiger partial charge in [-0.3, -0.25) is 0 Å². The van der Waals surface area contributed by atoms with E-state index in [-0.39, 0.29) is 6.04 Å². The minimum absolute atomic E-state index is 0.142. The van der Waals surface area contributed by atoms with Crippen LogP contribution in [0.1, 0.15) is 11.6 Å². The van der Waals surface area contributed by atoms with Crippen LogP contribution in [-0.2, 0) is 0 Å². The maximum atomic E-state index is 5.80. The number of hydrogen-bond donors (Lipinski definition) is 1. The second kappa shape index (κ2) is 4.59. The zero-order valence-corrected chi connectivity index (χ0v) is 9.76. The molecule has 1 heterocycles. The van der Waals surface area contributed by atoms with Gasteiger partial charge in [-0.2, -0.15) is 0 Å². The Morgan fingerprint density at radius 1 is 1.40 bits per heavy atom. The summed E-state index contributed by atoms with van der Waals surface area (Å²) in [5.74, 6) is 0. The van der Waals surface area contributed by atoms with Gasteiger partial charge < -0.3 is 10.3 Å². The van der Waals surface area contributed by atoms with E-state index in [1.807, 2.05) is 29.0 Å². The molecular formula is C11H12BrN3. The lowest BCUT2D eigenvalue weighted by Gasteiger charge is -2.18. The molecule has 0 aliphatic rings. The predicted molar refractivity (Wildman–Crippen MR) is 63.6 cm³/mol. The first kappa shape index (κ1) is 10.4. The van der Waals surface area contributed by atoms with Crippen molar-refractivity contribution < 1.29 is 0 Å². The van der Waals surface area contributed by atoms with Gasteiger partial charge in [0.15, 0.2) is 0 Å². The number of nitrogens with zero attached hydrogens (tertiary/aromatic N) is 2. The molecule has 2 aromatic rings. The molecule has 0 saturated carbocycles. The lowest BCUT2D eigenvalue weighted by molar-refractivity contribution is 0.592. The third-order valence-electron chi connectivity index (χ3n) is 2.37. The summed E-state index contributed by atoms with van der Waals surface area (Å²) in [6.07, 6.45) is 5.48. The van der Waals surface area contributed by atoms with Gasteiger partial charge in [-0.1, -0.05) is 34.1 Å². The maximum absolute atomic E-state index is 5.80. The molecule has 78 valence electrons. The van der Waals surface area contributed by atoms with E-state index in [1.54, 1.807) is 12.5 Å². The van der Waals surface area contributed by atoms with Crippen molar-refractivity contribution in [2.75, 3.05) is 6.54 Å². The quantitative estimate of drug-likeness (QED) is 0.925. The lowest BCUT2D eigenvalue weighted by atomic mass is 10.1. The first-order chi connectivity index (χ1) is 7.33. The Hall–Kier alpha value is -1.13. The number of rotatable bonds is 3. The van der Waals surface area contributed by atoms with Crippen molar-refractivity contribution in [1.29, 1.82) is 0 Å². The maximum Gasteiger partial charge on any atom is 0.0952 e. The number of imidazole rings is 1. The second-order valence-corrected chi connectivity index (χ2v) is 4.14. The van der Waals surface area contributed by atoms with Crippen molar-refractivity contribution in [3.05, 3.63) is 53.0 Å². The second-order valence-electron chi connectivity index (χ2n) is 3.28. The molecule has 2 rings (SSSR count). The summed E-state index contributed by atoms with van der Waals surface area (Å²) >= 11 is 3.53. The van der Waals surface area contributed by atoms with E-state index in [0.717, 1.165) is 4.47 Å². The van der Waals surface area contributed by atoms with Gasteiger partial charge in [0, 0.05) is 23.4 Å². The van der Waals surface area contributed by atoms with Gasteiger partial charge >= 0.3 is 0 Å². The van der Waals surface area contributed by atoms with Gasteiger partial charge in [0.1, 0.15) is 0 Å². The van der Waals surface area contributed by atoms with Crippen LogP contribution in [-0.4, -0.2) is 16.1 Å². The van der Waals surface area contributed by atoms with Gasteiger partial charge in [0.05, 0.1) is 12.4 Å². The molecule has 2 N–H and O–H groups in total. The van der Waals surface area contributed by atoms with E-state index in [4.69, 9.17) is 5.73 Å². The average Bonchev–Trinajstić information content (AvgIpc) is 2.75. The van der Waals surface area contributed by atoms with E-state index < -0.39 is 0 Å². The Labute approximate surface area is 97.1 Å². The van der Waals surface area contributed by atoms with E-state index in [1.165, 1.54) is 5.56 Å². The van der Waals surface area contributed by atoms with Crippen molar-refractivity contribution in [3.8, 4) is 0 Å². The molecule has 0 aliphatic carbocycles. The molecule has 1 aromatic carbocycles. The van der Waals surface area contributed by atoms with Crippen LogP contribution in [0.25, 0.3) is 0 Å². The van der Waals surface area contributed by atoms with Crippen molar-refractivity contribution in [1.82, 2.24) is 9.55 Å². The van der Waals surface area contributed by atoms with E-state index >= 15 is 0 Å². The molecule has 3 nitrogen and oxygen atoms in total. The van der Waals surface area contributed by atoms with Crippen LogP contribution in [0.5, 0.6) is 0 Å². The molecule has 15 heavy (non-hydrogen) atoms. The summed E-state index contributed by atoms with van der Waals surface area (Å²) in [6, 6.07) is 8.24. The summed E-state index contributed by atoms with van der Waals surface area (Å²) in [5, 5.41) is 0. The first-order valence-electron chi connectivity index (χ1n) is 4.75. The Balaban J connectivity index is 2.40. The summed E-state index contributed by atoms with van der Waals surface area (Å²) in [6.45, 7) is 0.555. The Morgan fingerprint density at radius 2 is 2.20 bits per heavy atom. The normalized spacial score (nSPS) is 12.7. The van der Waals surface area contributed by atoms with E-state index in [2.05, 4.69) is 27.0 Å². The van der Waals surface area contributed by atoms with Crippen LogP contribution in [0.2, 0.25) is 0 Å². The lowest BCUT2D eigenvalue weighted by Crippen LogP contribution is -2.19. The number of aromatic nitrogens is 2. The molecule has 4 heteroatoms. The molecule has 1 aromatic heterocycles. The van der Waals surface area contributed by atoms with Crippen LogP contribution in [0.3, 0.4) is 0 Å². The molecule has 0 aliphatic heterocycles. The van der Waals surface area contributed by atoms with Gasteiger partial charge in [-0.15, -0.1) is 0 Å². The molecule has 0 spiro atoms. The summed E-state index contributed by atoms with van der Waals surface area (Å²) in [4.78, 5) is 4.04. The highest BCUT2D eigenvalue weighted by atomic mass is 79.9. The monoisotopic (exact) mass is 265 g/mol. The number of halogens is 1. The minimum atomic E-state index is 0.142. The smallest absolute Gasteiger partial charge is 0.0952 e. The molecule has 0 fully saturated rings. The van der Waals surface area contributed by atoms with Gasteiger partial charge in [0.25, 0.3) is 0 Å². The Bertz CT molecular complexity index is 425. The highest BCUT2D eigenvalue weighted by molar-refractivity contribution is 9.10. The topological polar surface area (TPSA) is 43.8 Å². The number of benzene rings is 1. The SMILES string of the molecule is NCC(c1ccccc1Br)n1ccnc1. The zero-order chi connectivity index (χ0) is 10.7. The molecule has 1 unspecified atom stereocenters. The Kier molecular flexibility index (Phi) is 3.18. The molecule has 0 bridgehead atoms. The molecule has 0 radical (unpaired) electrons. The fraction of sp³-hybridized carbons (Fsp3) is 0.182. The van der Waals surface area contributed by atoms with Crippen LogP contribution < -0.4 is 5.73 Å². The van der Waals surface area contributed by atoms with Crippen LogP contribution in [0, 0.1) is 0 Å². The largest absolute Gasteiger partial charge is 0.329 e. The highest BCUT2D eigenvalue weighted by Gasteiger charge is 2.13. The van der Waals surface area contributed by atoms with E-state index in [0.29, 0.717) is 6.54 Å². The average molecular weight is 266 g/mol. The highest BCUT2D eigenvalue weighted by Crippen LogP contribution is 2.25. The molecular weight excluding hydrogens is 254 g/mol. The van der Waals surface area contributed by atoms with Gasteiger partial charge in [0.2, 0.25) is 0 Å². The van der Waals surface area contributed by atoms with Crippen molar-refractivity contribution in [3.63, 3.8) is 0 Å². The fourth-order valence-corrected chi connectivity index (χ4v) is 2.16. The van der Waals surface area contributed by atoms with Crippen molar-refractivity contribution in [2.24, 2.45) is 5.73 Å². The van der Waals surface area contributed by atoms with Gasteiger partial charge in [-0.05, 0) is 11.6 Å². The summed E-state index contributed by atoms with van der Waals surface area (Å²) in [5.41, 5.74) is 6.97. The molecule has 0 amide bonds. The summed E-state index contributed by atoms with van der Waals surface area (Å²) in [7, 11) is 0. The number of hydrogen-bond acceptors (Lipinski definition) is 2. The number of nitrogens with two attached hydrogens (primary N) is 1. The van der Waals surface area contributed by atoms with Crippen LogP contribution >= 0.6 is 15.9 Å². The van der Waals surface area contributed by atoms with Crippen LogP contribution in [0.15, 0.2) is 47.5 Å². The predicted octanol–water partition coefficient (Wildman–Crippen LogP) is 2.19. The van der Waals surface area contributed by atoms with E-state index in [9.17, 15) is 0 Å².